The summed E-state index contributed by atoms with van der Waals surface area (Å²) in [5.41, 5.74) is 1.48. The lowest BCUT2D eigenvalue weighted by atomic mass is 9.80. The SMILES string of the molecule is C#CCN(CCCNCc1cc2c(c(C(F)(F)F)c1)CN(c1cccc(C3CCC3)c1)C2=O)C(=O)C=C. The highest BCUT2D eigenvalue weighted by atomic mass is 19.4. The van der Waals surface area contributed by atoms with Crippen molar-refractivity contribution in [3.63, 3.8) is 0 Å². The molecule has 0 spiro atoms. The molecule has 8 heteroatoms. The zero-order chi connectivity index (χ0) is 26.6. The van der Waals surface area contributed by atoms with Crippen LogP contribution in [0.5, 0.6) is 0 Å². The Morgan fingerprint density at radius 1 is 1.27 bits per heavy atom. The van der Waals surface area contributed by atoms with Gasteiger partial charge in [0.2, 0.25) is 5.91 Å². The molecule has 2 aromatic rings. The smallest absolute Gasteiger partial charge is 0.328 e. The van der Waals surface area contributed by atoms with E-state index in [1.165, 1.54) is 22.3 Å². The number of alkyl halides is 3. The van der Waals surface area contributed by atoms with E-state index in [-0.39, 0.29) is 36.7 Å². The van der Waals surface area contributed by atoms with Crippen LogP contribution in [0.2, 0.25) is 0 Å². The van der Waals surface area contributed by atoms with Crippen molar-refractivity contribution >= 4 is 17.5 Å². The van der Waals surface area contributed by atoms with Gasteiger partial charge in [0.25, 0.3) is 5.91 Å². The van der Waals surface area contributed by atoms with Gasteiger partial charge in [-0.2, -0.15) is 13.2 Å². The fourth-order valence-corrected chi connectivity index (χ4v) is 4.85. The Bertz CT molecular complexity index is 1230. The fourth-order valence-electron chi connectivity index (χ4n) is 4.85. The highest BCUT2D eigenvalue weighted by Gasteiger charge is 2.40. The maximum Gasteiger partial charge on any atom is 0.416 e. The van der Waals surface area contributed by atoms with E-state index in [0.29, 0.717) is 36.7 Å². The predicted molar refractivity (Wildman–Crippen MR) is 137 cm³/mol. The third-order valence-electron chi connectivity index (χ3n) is 7.04. The van der Waals surface area contributed by atoms with E-state index < -0.39 is 17.6 Å². The lowest BCUT2D eigenvalue weighted by molar-refractivity contribution is -0.138. The number of carbonyl (C=O) groups excluding carboxylic acids is 2. The van der Waals surface area contributed by atoms with Crippen molar-refractivity contribution in [2.24, 2.45) is 0 Å². The van der Waals surface area contributed by atoms with E-state index in [0.717, 1.165) is 24.5 Å². The van der Waals surface area contributed by atoms with Gasteiger partial charge in [0.1, 0.15) is 0 Å². The number of carbonyl (C=O) groups is 2. The van der Waals surface area contributed by atoms with Crippen LogP contribution in [0.3, 0.4) is 0 Å². The molecule has 4 rings (SSSR count). The van der Waals surface area contributed by atoms with Crippen LogP contribution < -0.4 is 10.2 Å². The van der Waals surface area contributed by atoms with Gasteiger partial charge in [-0.25, -0.2) is 0 Å². The Labute approximate surface area is 215 Å². The maximum atomic E-state index is 14.0. The number of benzene rings is 2. The summed E-state index contributed by atoms with van der Waals surface area (Å²) in [6.45, 7) is 4.52. The highest BCUT2D eigenvalue weighted by molar-refractivity contribution is 6.10. The molecule has 2 aromatic carbocycles. The molecule has 194 valence electrons. The summed E-state index contributed by atoms with van der Waals surface area (Å²) in [7, 11) is 0. The van der Waals surface area contributed by atoms with Crippen LogP contribution >= 0.6 is 0 Å². The third-order valence-corrected chi connectivity index (χ3v) is 7.04. The first-order valence-corrected chi connectivity index (χ1v) is 12.4. The molecule has 0 bridgehead atoms. The Hall–Kier alpha value is -3.57. The van der Waals surface area contributed by atoms with Crippen molar-refractivity contribution in [1.82, 2.24) is 10.2 Å². The van der Waals surface area contributed by atoms with Crippen LogP contribution in [0.1, 0.15) is 64.2 Å². The number of terminal acetylenes is 1. The molecular weight excluding hydrogens is 479 g/mol. The summed E-state index contributed by atoms with van der Waals surface area (Å²) < 4.78 is 42.0. The average Bonchev–Trinajstić information content (AvgIpc) is 3.17. The number of nitrogens with zero attached hydrogens (tertiary/aromatic N) is 2. The number of fused-ring (bicyclic) bond motifs is 1. The Balaban J connectivity index is 1.47. The summed E-state index contributed by atoms with van der Waals surface area (Å²) in [4.78, 5) is 28.0. The van der Waals surface area contributed by atoms with Gasteiger partial charge >= 0.3 is 6.18 Å². The fraction of sp³-hybridized carbons (Fsp3) is 0.379. The zero-order valence-corrected chi connectivity index (χ0v) is 20.6. The molecule has 5 nitrogen and oxygen atoms in total. The molecule has 1 heterocycles. The Kier molecular flexibility index (Phi) is 8.03. The molecule has 1 fully saturated rings. The number of anilines is 1. The van der Waals surface area contributed by atoms with Crippen LogP contribution in [0.15, 0.2) is 49.1 Å². The van der Waals surface area contributed by atoms with Gasteiger partial charge < -0.3 is 15.1 Å². The van der Waals surface area contributed by atoms with Gasteiger partial charge in [0, 0.05) is 24.3 Å². The quantitative estimate of drug-likeness (QED) is 0.270. The molecule has 0 aromatic heterocycles. The lowest BCUT2D eigenvalue weighted by Gasteiger charge is -2.27. The lowest BCUT2D eigenvalue weighted by Crippen LogP contribution is -2.32. The number of halogens is 3. The predicted octanol–water partition coefficient (Wildman–Crippen LogP) is 5.26. The van der Waals surface area contributed by atoms with E-state index in [4.69, 9.17) is 6.42 Å². The van der Waals surface area contributed by atoms with Gasteiger partial charge in [-0.3, -0.25) is 9.59 Å². The molecular formula is C29H30F3N3O2. The van der Waals surface area contributed by atoms with Crippen molar-refractivity contribution in [3.8, 4) is 12.3 Å². The van der Waals surface area contributed by atoms with Crippen LogP contribution in [0.25, 0.3) is 0 Å². The van der Waals surface area contributed by atoms with Crippen molar-refractivity contribution in [3.05, 3.63) is 76.9 Å². The maximum absolute atomic E-state index is 14.0. The second-order valence-electron chi connectivity index (χ2n) is 9.48. The Morgan fingerprint density at radius 2 is 2.05 bits per heavy atom. The van der Waals surface area contributed by atoms with Crippen molar-refractivity contribution in [2.75, 3.05) is 24.5 Å². The number of amides is 2. The van der Waals surface area contributed by atoms with Gasteiger partial charge in [0.05, 0.1) is 18.7 Å². The standard InChI is InChI=1S/C29H30F3N3O2/c1-3-13-34(27(36)4-2)14-7-12-33-18-20-15-24-25(26(16-20)29(30,31)32)19-35(28(24)37)23-11-6-10-22(17-23)21-8-5-9-21/h1,4,6,10-11,15-17,21,33H,2,5,7-9,12-14,18-19H2. The Morgan fingerprint density at radius 3 is 2.70 bits per heavy atom. The molecule has 0 radical (unpaired) electrons. The van der Waals surface area contributed by atoms with Crippen molar-refractivity contribution in [1.29, 1.82) is 0 Å². The molecule has 0 saturated heterocycles. The largest absolute Gasteiger partial charge is 0.416 e. The van der Waals surface area contributed by atoms with Crippen LogP contribution in [-0.2, 0) is 24.1 Å². The summed E-state index contributed by atoms with van der Waals surface area (Å²) in [6.07, 6.45) is 5.83. The van der Waals surface area contributed by atoms with Crippen LogP contribution in [0, 0.1) is 12.3 Å². The van der Waals surface area contributed by atoms with E-state index in [9.17, 15) is 22.8 Å². The minimum Gasteiger partial charge on any atom is -0.328 e. The van der Waals surface area contributed by atoms with Gasteiger partial charge in [-0.05, 0) is 78.8 Å². The summed E-state index contributed by atoms with van der Waals surface area (Å²) in [6, 6.07) is 10.3. The number of rotatable bonds is 10. The van der Waals surface area contributed by atoms with Crippen molar-refractivity contribution in [2.45, 2.75) is 50.9 Å². The third kappa shape index (κ3) is 5.89. The molecule has 0 atom stereocenters. The molecule has 37 heavy (non-hydrogen) atoms. The summed E-state index contributed by atoms with van der Waals surface area (Å²) in [5.74, 6) is 2.19. The van der Waals surface area contributed by atoms with Gasteiger partial charge in [-0.15, -0.1) is 6.42 Å². The topological polar surface area (TPSA) is 52.6 Å². The van der Waals surface area contributed by atoms with E-state index in [2.05, 4.69) is 17.8 Å². The number of hydrogen-bond acceptors (Lipinski definition) is 3. The summed E-state index contributed by atoms with van der Waals surface area (Å²) in [5, 5.41) is 3.11. The number of nitrogens with one attached hydrogen (secondary N) is 1. The molecule has 1 aliphatic carbocycles. The molecule has 2 amide bonds. The monoisotopic (exact) mass is 509 g/mol. The molecule has 2 aliphatic rings. The number of hydrogen-bond donors (Lipinski definition) is 1. The molecule has 1 aliphatic heterocycles. The molecule has 1 N–H and O–H groups in total. The second-order valence-corrected chi connectivity index (χ2v) is 9.48. The van der Waals surface area contributed by atoms with Crippen LogP contribution in [-0.4, -0.2) is 36.3 Å². The average molecular weight is 510 g/mol. The summed E-state index contributed by atoms with van der Waals surface area (Å²) >= 11 is 0. The van der Waals surface area contributed by atoms with E-state index in [1.807, 2.05) is 18.2 Å². The van der Waals surface area contributed by atoms with Crippen LogP contribution in [0.4, 0.5) is 18.9 Å². The second kappa shape index (κ2) is 11.2. The van der Waals surface area contributed by atoms with E-state index >= 15 is 0 Å². The zero-order valence-electron chi connectivity index (χ0n) is 20.6. The van der Waals surface area contributed by atoms with Gasteiger partial charge in [0.15, 0.2) is 0 Å². The van der Waals surface area contributed by atoms with Gasteiger partial charge in [-0.1, -0.05) is 31.1 Å². The minimum absolute atomic E-state index is 0.0168. The first kappa shape index (κ1) is 26.5. The normalized spacial score (nSPS) is 15.2. The highest BCUT2D eigenvalue weighted by Crippen LogP contribution is 2.41. The first-order chi connectivity index (χ1) is 17.7. The first-order valence-electron chi connectivity index (χ1n) is 12.4. The molecule has 0 unspecified atom stereocenters. The van der Waals surface area contributed by atoms with E-state index in [1.54, 1.807) is 12.1 Å². The minimum atomic E-state index is -4.58. The molecule has 1 saturated carbocycles. The van der Waals surface area contributed by atoms with Crippen molar-refractivity contribution < 1.29 is 22.8 Å².